The van der Waals surface area contributed by atoms with Gasteiger partial charge in [0.2, 0.25) is 0 Å². The Bertz CT molecular complexity index is 382. The summed E-state index contributed by atoms with van der Waals surface area (Å²) in [4.78, 5) is -0.407. The summed E-state index contributed by atoms with van der Waals surface area (Å²) in [5, 5.41) is -0.894. The van der Waals surface area contributed by atoms with Gasteiger partial charge in [0.1, 0.15) is 0 Å². The molecule has 0 aliphatic carbocycles. The van der Waals surface area contributed by atoms with Gasteiger partial charge in [0.15, 0.2) is 0 Å². The predicted octanol–water partition coefficient (Wildman–Crippen LogP) is 7.21. The fourth-order valence-electron chi connectivity index (χ4n) is 1.49. The molecule has 0 N–H and O–H groups in total. The van der Waals surface area contributed by atoms with Crippen molar-refractivity contribution in [3.05, 3.63) is 25.7 Å². The molecule has 2 unspecified atom stereocenters. The van der Waals surface area contributed by atoms with Gasteiger partial charge in [0.05, 0.1) is 0 Å². The molecule has 0 aromatic heterocycles. The SMILES string of the molecule is C[C-](C)CC[P](C)(C)=[W].C[CH-]C.C[CH-]C.[CH2-]C1(C)CC[P](C)(=[W])O1.[V+2].[V+2]. The molecule has 0 aromatic carbocycles. The summed E-state index contributed by atoms with van der Waals surface area (Å²) in [6, 6.07) is 0. The van der Waals surface area contributed by atoms with Crippen molar-refractivity contribution in [1.29, 1.82) is 0 Å². The maximum absolute atomic E-state index is 5.77. The first-order valence-corrected chi connectivity index (χ1v) is 21.5. The summed E-state index contributed by atoms with van der Waals surface area (Å²) in [6.45, 7) is 25.7. The fraction of sp³-hybridized carbons (Fsp3) is 0.789. The minimum atomic E-state index is -0.894. The fourth-order valence-corrected chi connectivity index (χ4v) is 8.38. The van der Waals surface area contributed by atoms with E-state index >= 15 is 0 Å². The van der Waals surface area contributed by atoms with Crippen LogP contribution in [0.1, 0.15) is 61.3 Å². The van der Waals surface area contributed by atoms with Crippen LogP contribution in [0.2, 0.25) is 0 Å². The molecule has 2 radical (unpaired) electrons. The Hall–Kier alpha value is 3.37. The molecular formula is C19H42OP2V2W2. The molecule has 0 saturated carbocycles. The van der Waals surface area contributed by atoms with Crippen molar-refractivity contribution in [2.75, 3.05) is 32.3 Å². The Kier molecular flexibility index (Phi) is 33.1. The van der Waals surface area contributed by atoms with Crippen LogP contribution >= 0.6 is 10.0 Å². The van der Waals surface area contributed by atoms with Gasteiger partial charge >= 0.3 is 174 Å². The largest absolute Gasteiger partial charge is 2.00 e. The van der Waals surface area contributed by atoms with Crippen molar-refractivity contribution in [1.82, 2.24) is 0 Å². The van der Waals surface area contributed by atoms with Crippen LogP contribution in [0.4, 0.5) is 0 Å². The van der Waals surface area contributed by atoms with Crippen LogP contribution in [-0.4, -0.2) is 37.9 Å². The molecule has 0 amide bonds. The maximum atomic E-state index is 5.77. The van der Waals surface area contributed by atoms with Crippen molar-refractivity contribution in [2.45, 2.75) is 66.9 Å². The third-order valence-electron chi connectivity index (χ3n) is 2.61. The molecule has 1 rings (SSSR count). The van der Waals surface area contributed by atoms with E-state index in [1.54, 1.807) is 24.7 Å². The number of hydrogen-bond acceptors (Lipinski definition) is 1. The van der Waals surface area contributed by atoms with Crippen molar-refractivity contribution < 1.29 is 79.2 Å². The molecule has 1 nitrogen and oxygen atoms in total. The molecular weight excluding hydrogens is 776 g/mol. The van der Waals surface area contributed by atoms with Gasteiger partial charge in [-0.05, 0) is 0 Å². The molecule has 156 valence electrons. The van der Waals surface area contributed by atoms with E-state index in [1.165, 1.54) is 18.7 Å². The van der Waals surface area contributed by atoms with Gasteiger partial charge in [-0.15, -0.1) is 0 Å². The Labute approximate surface area is 212 Å². The van der Waals surface area contributed by atoms with Crippen molar-refractivity contribution in [3.63, 3.8) is 0 Å². The molecule has 1 saturated heterocycles. The molecule has 7 heteroatoms. The zero-order chi connectivity index (χ0) is 20.0. The monoisotopic (exact) mass is 818 g/mol. The summed E-state index contributed by atoms with van der Waals surface area (Å²) in [7, 11) is 0. The zero-order valence-corrected chi connectivity index (χ0v) is 29.2. The first-order valence-electron chi connectivity index (χ1n) is 8.60. The van der Waals surface area contributed by atoms with Gasteiger partial charge < -0.3 is 12.8 Å². The Balaban J connectivity index is -0.0000000822. The van der Waals surface area contributed by atoms with E-state index in [-0.39, 0.29) is 42.7 Å². The van der Waals surface area contributed by atoms with Crippen molar-refractivity contribution >= 4 is 10.0 Å². The van der Waals surface area contributed by atoms with Gasteiger partial charge in [0.25, 0.3) is 0 Å². The predicted molar refractivity (Wildman–Crippen MR) is 111 cm³/mol. The summed E-state index contributed by atoms with van der Waals surface area (Å²) in [6.07, 6.45) is 9.25. The van der Waals surface area contributed by atoms with Crippen LogP contribution in [-0.2, 0) is 79.2 Å². The molecule has 0 aromatic rings. The second-order valence-corrected chi connectivity index (χ2v) is 32.7. The minimum absolute atomic E-state index is 0. The van der Waals surface area contributed by atoms with Crippen molar-refractivity contribution in [2.24, 2.45) is 0 Å². The summed E-state index contributed by atoms with van der Waals surface area (Å²) in [5.41, 5.74) is -0.0513. The molecule has 1 heterocycles. The Morgan fingerprint density at radius 3 is 1.58 bits per heavy atom. The van der Waals surface area contributed by atoms with E-state index in [9.17, 15) is 0 Å². The molecule has 0 spiro atoms. The molecule has 1 aliphatic rings. The second-order valence-electron chi connectivity index (χ2n) is 7.44. The second kappa shape index (κ2) is 21.6. The number of rotatable bonds is 3. The molecule has 0 bridgehead atoms. The van der Waals surface area contributed by atoms with Gasteiger partial charge in [-0.1, -0.05) is 0 Å². The van der Waals surface area contributed by atoms with Gasteiger partial charge in [-0.3, -0.25) is 0 Å². The van der Waals surface area contributed by atoms with Gasteiger partial charge in [-0.2, -0.15) is 27.7 Å². The average molecular weight is 818 g/mol. The van der Waals surface area contributed by atoms with Crippen LogP contribution in [0.3, 0.4) is 0 Å². The van der Waals surface area contributed by atoms with Gasteiger partial charge in [0, 0.05) is 0 Å². The van der Waals surface area contributed by atoms with E-state index < -0.39 is 10.0 Å². The Morgan fingerprint density at radius 2 is 1.50 bits per heavy atom. The van der Waals surface area contributed by atoms with Crippen LogP contribution < -0.4 is 0 Å². The topological polar surface area (TPSA) is 9.23 Å². The van der Waals surface area contributed by atoms with Crippen LogP contribution in [0, 0.1) is 25.7 Å². The smallest absolute Gasteiger partial charge is 2.00 e. The van der Waals surface area contributed by atoms with Crippen LogP contribution in [0.5, 0.6) is 0 Å². The van der Waals surface area contributed by atoms with Crippen LogP contribution in [0.25, 0.3) is 0 Å². The van der Waals surface area contributed by atoms with Crippen LogP contribution in [0.15, 0.2) is 0 Å². The number of hydrogen-bond donors (Lipinski definition) is 0. The van der Waals surface area contributed by atoms with E-state index in [4.69, 9.17) is 4.52 Å². The summed E-state index contributed by atoms with van der Waals surface area (Å²) < 4.78 is 5.77. The summed E-state index contributed by atoms with van der Waals surface area (Å²) in [5.74, 6) is 1.59. The maximum Gasteiger partial charge on any atom is 2.00 e. The standard InChI is InChI=1S/C7H16P.C6H12OP.2C3H7.2V.2W/c1-7(2)5-6-8(3)4;1-6(2)4-5-8(3)7-6;2*1-3-2;;;;/h5-6H2,1-4H3;1,4-5H2,2-3H3;2*3H,1-2H3;;;;/q4*-1;2*+2;;. The van der Waals surface area contributed by atoms with E-state index in [0.717, 1.165) is 6.42 Å². The molecule has 1 aliphatic heterocycles. The van der Waals surface area contributed by atoms with E-state index in [0.29, 0.717) is 0 Å². The summed E-state index contributed by atoms with van der Waals surface area (Å²) >= 11 is 3.45. The Morgan fingerprint density at radius 1 is 1.15 bits per heavy atom. The van der Waals surface area contributed by atoms with Gasteiger partial charge in [-0.25, -0.2) is 0 Å². The third-order valence-corrected chi connectivity index (χ3v) is 10.5. The minimum Gasteiger partial charge on any atom is 2.00 e. The van der Waals surface area contributed by atoms with Crippen molar-refractivity contribution in [3.8, 4) is 0 Å². The quantitative estimate of drug-likeness (QED) is 0.216. The first-order chi connectivity index (χ1) is 10.7. The zero-order valence-electron chi connectivity index (χ0n) is 18.7. The molecule has 1 fully saturated rings. The third kappa shape index (κ3) is 38.0. The molecule has 26 heavy (non-hydrogen) atoms. The molecule has 2 atom stereocenters. The van der Waals surface area contributed by atoms with E-state index in [2.05, 4.69) is 47.7 Å². The van der Waals surface area contributed by atoms with E-state index in [1.807, 2.05) is 59.3 Å². The first kappa shape index (κ1) is 39.8. The average Bonchev–Trinajstić information content (AvgIpc) is 2.61. The normalized spacial score (nSPS) is 23.7.